The van der Waals surface area contributed by atoms with E-state index in [1.165, 1.54) is 0 Å². The van der Waals surface area contributed by atoms with Crippen LogP contribution in [0.15, 0.2) is 0 Å². The Balaban J connectivity index is 2.28. The minimum absolute atomic E-state index is 0.115. The summed E-state index contributed by atoms with van der Waals surface area (Å²) in [5.41, 5.74) is -1.61. The summed E-state index contributed by atoms with van der Waals surface area (Å²) in [6, 6.07) is 0. The van der Waals surface area contributed by atoms with E-state index in [1.54, 1.807) is 0 Å². The molecule has 0 amide bonds. The Labute approximate surface area is 96.2 Å². The first-order chi connectivity index (χ1) is 7.54. The third kappa shape index (κ3) is 1.53. The van der Waals surface area contributed by atoms with Gasteiger partial charge in [-0.2, -0.15) is 0 Å². The highest BCUT2D eigenvalue weighted by molar-refractivity contribution is 5.93. The van der Waals surface area contributed by atoms with Gasteiger partial charge in [-0.15, -0.1) is 0 Å². The van der Waals surface area contributed by atoms with E-state index in [4.69, 9.17) is 0 Å². The van der Waals surface area contributed by atoms with E-state index in [1.807, 2.05) is 0 Å². The average Bonchev–Trinajstić information content (AvgIpc) is 2.49. The van der Waals surface area contributed by atoms with Crippen LogP contribution < -0.4 is 0 Å². The Morgan fingerprint density at radius 2 is 2.00 bits per heavy atom. The van der Waals surface area contributed by atoms with Crippen LogP contribution in [0, 0.1) is 5.41 Å². The Hall–Kier alpha value is -0.700. The van der Waals surface area contributed by atoms with Crippen LogP contribution in [0.25, 0.3) is 0 Å². The lowest BCUT2D eigenvalue weighted by molar-refractivity contribution is -0.152. The molecule has 2 saturated carbocycles. The van der Waals surface area contributed by atoms with Crippen molar-refractivity contribution in [2.75, 3.05) is 0 Å². The predicted octanol–water partition coefficient (Wildman–Crippen LogP) is 2.01. The SMILES string of the molecule is CCCC[C@]12CCC(=O)C[C@@]1(O)CCC2=O. The van der Waals surface area contributed by atoms with Gasteiger partial charge in [-0.1, -0.05) is 19.8 Å². The molecule has 0 bridgehead atoms. The summed E-state index contributed by atoms with van der Waals surface area (Å²) in [4.78, 5) is 23.5. The van der Waals surface area contributed by atoms with Crippen molar-refractivity contribution >= 4 is 11.6 Å². The van der Waals surface area contributed by atoms with Gasteiger partial charge in [0.05, 0.1) is 11.0 Å². The number of carbonyl (C=O) groups excluding carboxylic acids is 2. The first-order valence-electron chi connectivity index (χ1n) is 6.31. The monoisotopic (exact) mass is 224 g/mol. The summed E-state index contributed by atoms with van der Waals surface area (Å²) in [7, 11) is 0. The van der Waals surface area contributed by atoms with Crippen LogP contribution in [-0.4, -0.2) is 22.3 Å². The number of unbranched alkanes of at least 4 members (excludes halogenated alkanes) is 1. The van der Waals surface area contributed by atoms with Crippen LogP contribution in [0.4, 0.5) is 0 Å². The molecule has 0 saturated heterocycles. The molecule has 2 aliphatic rings. The van der Waals surface area contributed by atoms with Gasteiger partial charge < -0.3 is 5.11 Å². The third-order valence-corrected chi connectivity index (χ3v) is 4.47. The van der Waals surface area contributed by atoms with Crippen LogP contribution in [0.5, 0.6) is 0 Å². The van der Waals surface area contributed by atoms with E-state index in [9.17, 15) is 14.7 Å². The maximum absolute atomic E-state index is 12.1. The quantitative estimate of drug-likeness (QED) is 0.797. The molecule has 2 fully saturated rings. The lowest BCUT2D eigenvalue weighted by Crippen LogP contribution is -2.52. The average molecular weight is 224 g/mol. The van der Waals surface area contributed by atoms with Crippen LogP contribution in [0.1, 0.15) is 58.3 Å². The number of carbonyl (C=O) groups is 2. The molecule has 0 spiro atoms. The molecule has 0 aromatic rings. The molecular weight excluding hydrogens is 204 g/mol. The summed E-state index contributed by atoms with van der Waals surface area (Å²) in [5, 5.41) is 10.6. The zero-order chi connectivity index (χ0) is 11.8. The highest BCUT2D eigenvalue weighted by Gasteiger charge is 2.61. The van der Waals surface area contributed by atoms with Crippen molar-refractivity contribution in [3.05, 3.63) is 0 Å². The van der Waals surface area contributed by atoms with Crippen molar-refractivity contribution in [1.29, 1.82) is 0 Å². The van der Waals surface area contributed by atoms with E-state index < -0.39 is 11.0 Å². The second-order valence-electron chi connectivity index (χ2n) is 5.36. The largest absolute Gasteiger partial charge is 0.388 e. The lowest BCUT2D eigenvalue weighted by atomic mass is 9.62. The van der Waals surface area contributed by atoms with Gasteiger partial charge in [0, 0.05) is 19.3 Å². The zero-order valence-electron chi connectivity index (χ0n) is 9.92. The van der Waals surface area contributed by atoms with E-state index >= 15 is 0 Å². The Morgan fingerprint density at radius 1 is 1.25 bits per heavy atom. The van der Waals surface area contributed by atoms with Gasteiger partial charge in [-0.3, -0.25) is 9.59 Å². The second-order valence-corrected chi connectivity index (χ2v) is 5.36. The molecule has 0 aliphatic heterocycles. The Morgan fingerprint density at radius 3 is 2.69 bits per heavy atom. The van der Waals surface area contributed by atoms with Gasteiger partial charge >= 0.3 is 0 Å². The van der Waals surface area contributed by atoms with E-state index in [0.29, 0.717) is 25.7 Å². The van der Waals surface area contributed by atoms with Crippen molar-refractivity contribution in [3.8, 4) is 0 Å². The van der Waals surface area contributed by atoms with Crippen molar-refractivity contribution < 1.29 is 14.7 Å². The summed E-state index contributed by atoms with van der Waals surface area (Å²) < 4.78 is 0. The molecule has 0 heterocycles. The highest BCUT2D eigenvalue weighted by atomic mass is 16.3. The molecule has 16 heavy (non-hydrogen) atoms. The van der Waals surface area contributed by atoms with Gasteiger partial charge in [-0.25, -0.2) is 0 Å². The maximum atomic E-state index is 12.1. The van der Waals surface area contributed by atoms with Gasteiger partial charge in [0.1, 0.15) is 11.6 Å². The molecule has 0 aromatic heterocycles. The first kappa shape index (κ1) is 11.8. The van der Waals surface area contributed by atoms with Gasteiger partial charge in [-0.05, 0) is 19.3 Å². The number of ketones is 2. The summed E-state index contributed by atoms with van der Waals surface area (Å²) in [6.45, 7) is 2.09. The molecule has 0 radical (unpaired) electrons. The van der Waals surface area contributed by atoms with Crippen LogP contribution >= 0.6 is 0 Å². The molecule has 2 atom stereocenters. The second kappa shape index (κ2) is 3.95. The van der Waals surface area contributed by atoms with Crippen LogP contribution in [0.2, 0.25) is 0 Å². The number of fused-ring (bicyclic) bond motifs is 1. The molecule has 3 heteroatoms. The fourth-order valence-electron chi connectivity index (χ4n) is 3.43. The molecular formula is C13H20O3. The molecule has 2 rings (SSSR count). The molecule has 2 aliphatic carbocycles. The van der Waals surface area contributed by atoms with Crippen molar-refractivity contribution in [1.82, 2.24) is 0 Å². The fraction of sp³-hybridized carbons (Fsp3) is 0.846. The standard InChI is InChI=1S/C13H20O3/c1-2-3-6-12-7-4-10(14)9-13(12,16)8-5-11(12)15/h16H,2-9H2,1H3/t12-,13+/m1/s1. The van der Waals surface area contributed by atoms with E-state index in [0.717, 1.165) is 19.3 Å². The molecule has 90 valence electrons. The van der Waals surface area contributed by atoms with Crippen molar-refractivity contribution in [2.45, 2.75) is 63.9 Å². The van der Waals surface area contributed by atoms with Gasteiger partial charge in [0.25, 0.3) is 0 Å². The summed E-state index contributed by atoms with van der Waals surface area (Å²) >= 11 is 0. The molecule has 0 unspecified atom stereocenters. The van der Waals surface area contributed by atoms with E-state index in [-0.39, 0.29) is 18.0 Å². The van der Waals surface area contributed by atoms with Crippen molar-refractivity contribution in [3.63, 3.8) is 0 Å². The highest BCUT2D eigenvalue weighted by Crippen LogP contribution is 2.54. The number of rotatable bonds is 3. The predicted molar refractivity (Wildman–Crippen MR) is 60.0 cm³/mol. The zero-order valence-corrected chi connectivity index (χ0v) is 9.92. The number of hydrogen-bond donors (Lipinski definition) is 1. The Kier molecular flexibility index (Phi) is 2.91. The minimum atomic E-state index is -1.02. The number of aliphatic hydroxyl groups is 1. The summed E-state index contributed by atoms with van der Waals surface area (Å²) in [5.74, 6) is 0.306. The number of Topliss-reactive ketones (excluding diaryl/α,β-unsaturated/α-hetero) is 2. The first-order valence-corrected chi connectivity index (χ1v) is 6.31. The third-order valence-electron chi connectivity index (χ3n) is 4.47. The van der Waals surface area contributed by atoms with E-state index in [2.05, 4.69) is 6.92 Å². The smallest absolute Gasteiger partial charge is 0.142 e. The number of hydrogen-bond acceptors (Lipinski definition) is 3. The van der Waals surface area contributed by atoms with Gasteiger partial charge in [0.15, 0.2) is 0 Å². The molecule has 3 nitrogen and oxygen atoms in total. The molecule has 1 N–H and O–H groups in total. The van der Waals surface area contributed by atoms with Crippen LogP contribution in [-0.2, 0) is 9.59 Å². The lowest BCUT2D eigenvalue weighted by Gasteiger charge is -2.44. The summed E-state index contributed by atoms with van der Waals surface area (Å²) in [6.07, 6.45) is 4.92. The maximum Gasteiger partial charge on any atom is 0.142 e. The normalized spacial score (nSPS) is 38.9. The van der Waals surface area contributed by atoms with Crippen molar-refractivity contribution in [2.24, 2.45) is 5.41 Å². The van der Waals surface area contributed by atoms with Crippen LogP contribution in [0.3, 0.4) is 0 Å². The molecule has 0 aromatic carbocycles. The minimum Gasteiger partial charge on any atom is -0.388 e. The topological polar surface area (TPSA) is 54.4 Å². The Bertz CT molecular complexity index is 323. The fourth-order valence-corrected chi connectivity index (χ4v) is 3.43. The van der Waals surface area contributed by atoms with Gasteiger partial charge in [0.2, 0.25) is 0 Å².